The molecule has 5 nitrogen and oxygen atoms in total. The third kappa shape index (κ3) is 5.53. The molecule has 36 heavy (non-hydrogen) atoms. The molecule has 4 rings (SSSR count). The van der Waals surface area contributed by atoms with E-state index in [1.54, 1.807) is 12.1 Å². The molecule has 2 atom stereocenters. The van der Waals surface area contributed by atoms with E-state index in [2.05, 4.69) is 15.8 Å². The van der Waals surface area contributed by atoms with E-state index in [4.69, 9.17) is 0 Å². The second-order valence-corrected chi connectivity index (χ2v) is 11.5. The Labute approximate surface area is 204 Å². The number of hydrogen-bond acceptors (Lipinski definition) is 3. The predicted molar refractivity (Wildman–Crippen MR) is 132 cm³/mol. The third-order valence-electron chi connectivity index (χ3n) is 6.31. The SMILES string of the molecule is C=S(C)(=O)c1ccc(C2=CCC(c3[nH]c(=O)[nH]c(=O)c3Cc3cccc(C(F)(F)F)c3)CC2)c(F)c1. The number of halogens is 4. The number of benzene rings is 2. The van der Waals surface area contributed by atoms with Gasteiger partial charge in [-0.3, -0.25) is 14.0 Å². The van der Waals surface area contributed by atoms with Gasteiger partial charge in [0.1, 0.15) is 5.82 Å². The van der Waals surface area contributed by atoms with Crippen molar-refractivity contribution in [3.63, 3.8) is 0 Å². The van der Waals surface area contributed by atoms with E-state index in [1.165, 1.54) is 24.5 Å². The Morgan fingerprint density at radius 1 is 1.11 bits per heavy atom. The smallest absolute Gasteiger partial charge is 0.311 e. The van der Waals surface area contributed by atoms with Gasteiger partial charge in [0.2, 0.25) is 0 Å². The molecular weight excluding hydrogens is 496 g/mol. The van der Waals surface area contributed by atoms with Crippen molar-refractivity contribution in [3.8, 4) is 0 Å². The molecule has 0 fully saturated rings. The van der Waals surface area contributed by atoms with Crippen molar-refractivity contribution >= 4 is 21.0 Å². The first kappa shape index (κ1) is 25.7. The molecule has 3 aromatic rings. The van der Waals surface area contributed by atoms with Crippen LogP contribution in [0.25, 0.3) is 5.57 Å². The number of aromatic nitrogens is 2. The summed E-state index contributed by atoms with van der Waals surface area (Å²) in [6.45, 7) is 0. The van der Waals surface area contributed by atoms with Crippen molar-refractivity contribution in [1.29, 1.82) is 0 Å². The first-order valence-electron chi connectivity index (χ1n) is 11.2. The van der Waals surface area contributed by atoms with Crippen molar-refractivity contribution in [3.05, 3.63) is 103 Å². The van der Waals surface area contributed by atoms with E-state index in [9.17, 15) is 31.4 Å². The van der Waals surface area contributed by atoms with Gasteiger partial charge in [-0.05, 0) is 64.0 Å². The Morgan fingerprint density at radius 3 is 2.47 bits per heavy atom. The summed E-state index contributed by atoms with van der Waals surface area (Å²) >= 11 is 0. The summed E-state index contributed by atoms with van der Waals surface area (Å²) in [5.74, 6) is 2.78. The van der Waals surface area contributed by atoms with E-state index in [1.807, 2.05) is 6.08 Å². The summed E-state index contributed by atoms with van der Waals surface area (Å²) in [5, 5.41) is 0. The lowest BCUT2D eigenvalue weighted by Gasteiger charge is -2.24. The Balaban J connectivity index is 1.64. The van der Waals surface area contributed by atoms with Crippen LogP contribution in [0.4, 0.5) is 17.6 Å². The molecule has 1 aliphatic rings. The molecule has 0 radical (unpaired) electrons. The highest BCUT2D eigenvalue weighted by molar-refractivity contribution is 7.99. The maximum atomic E-state index is 14.7. The van der Waals surface area contributed by atoms with Gasteiger partial charge in [-0.1, -0.05) is 30.3 Å². The summed E-state index contributed by atoms with van der Waals surface area (Å²) in [5.41, 5.74) is -0.198. The number of nitrogens with one attached hydrogen (secondary N) is 2. The molecule has 0 amide bonds. The van der Waals surface area contributed by atoms with Crippen molar-refractivity contribution in [1.82, 2.24) is 9.97 Å². The highest BCUT2D eigenvalue weighted by Gasteiger charge is 2.30. The average molecular weight is 521 g/mol. The van der Waals surface area contributed by atoms with E-state index >= 15 is 0 Å². The normalized spacial score (nSPS) is 17.9. The number of aromatic amines is 2. The van der Waals surface area contributed by atoms with Gasteiger partial charge in [-0.25, -0.2) is 9.18 Å². The summed E-state index contributed by atoms with van der Waals surface area (Å²) in [7, 11) is -2.56. The minimum Gasteiger partial charge on any atom is -0.311 e. The standard InChI is InChI=1S/C26H24F4N2O3S/c1-36(2,35)19-10-11-20(22(27)14-19)16-6-8-17(9-7-16)23-21(24(33)32-25(34)31-23)13-15-4-3-5-18(12-15)26(28,29)30/h3-6,10-12,14,17H,1,7-9,13H2,2H3,(H2,31,32,33,34). The van der Waals surface area contributed by atoms with Gasteiger partial charge in [0.05, 0.1) is 5.56 Å². The van der Waals surface area contributed by atoms with Crippen LogP contribution in [-0.2, 0) is 22.1 Å². The number of H-pyrrole nitrogens is 2. The fraction of sp³-hybridized carbons (Fsp3) is 0.269. The van der Waals surface area contributed by atoms with Gasteiger partial charge in [0, 0.05) is 40.3 Å². The molecule has 2 N–H and O–H groups in total. The van der Waals surface area contributed by atoms with Gasteiger partial charge in [-0.15, -0.1) is 0 Å². The quantitative estimate of drug-likeness (QED) is 0.372. The molecule has 10 heteroatoms. The molecule has 0 saturated carbocycles. The van der Waals surface area contributed by atoms with Crippen LogP contribution < -0.4 is 11.2 Å². The predicted octanol–water partition coefficient (Wildman–Crippen LogP) is 4.87. The van der Waals surface area contributed by atoms with Crippen LogP contribution in [0.1, 0.15) is 53.1 Å². The summed E-state index contributed by atoms with van der Waals surface area (Å²) < 4.78 is 66.2. The molecule has 0 bridgehead atoms. The van der Waals surface area contributed by atoms with Crippen LogP contribution in [0.15, 0.2) is 63.0 Å². The van der Waals surface area contributed by atoms with Crippen molar-refractivity contribution < 1.29 is 21.8 Å². The molecule has 0 aliphatic heterocycles. The summed E-state index contributed by atoms with van der Waals surface area (Å²) in [4.78, 5) is 29.8. The zero-order chi connectivity index (χ0) is 26.3. The first-order chi connectivity index (χ1) is 16.8. The molecule has 0 spiro atoms. The van der Waals surface area contributed by atoms with Gasteiger partial charge < -0.3 is 4.98 Å². The second-order valence-electron chi connectivity index (χ2n) is 9.02. The lowest BCUT2D eigenvalue weighted by atomic mass is 9.82. The van der Waals surface area contributed by atoms with Crippen LogP contribution >= 0.6 is 0 Å². The lowest BCUT2D eigenvalue weighted by molar-refractivity contribution is -0.137. The third-order valence-corrected chi connectivity index (χ3v) is 7.57. The molecular formula is C26H24F4N2O3S. The fourth-order valence-electron chi connectivity index (χ4n) is 4.48. The number of rotatable bonds is 5. The van der Waals surface area contributed by atoms with Crippen molar-refractivity contribution in [2.75, 3.05) is 6.26 Å². The van der Waals surface area contributed by atoms with E-state index in [0.717, 1.165) is 17.7 Å². The number of hydrogen-bond donors (Lipinski definition) is 2. The maximum absolute atomic E-state index is 14.7. The zero-order valence-corrected chi connectivity index (χ0v) is 20.2. The molecule has 2 aromatic carbocycles. The minimum atomic E-state index is -4.52. The van der Waals surface area contributed by atoms with Crippen LogP contribution in [0, 0.1) is 5.82 Å². The maximum Gasteiger partial charge on any atom is 0.416 e. The highest BCUT2D eigenvalue weighted by Crippen LogP contribution is 2.37. The van der Waals surface area contributed by atoms with Crippen molar-refractivity contribution in [2.24, 2.45) is 0 Å². The van der Waals surface area contributed by atoms with Gasteiger partial charge in [-0.2, -0.15) is 13.2 Å². The van der Waals surface area contributed by atoms with E-state index in [-0.39, 0.29) is 23.5 Å². The van der Waals surface area contributed by atoms with Crippen molar-refractivity contribution in [2.45, 2.75) is 42.7 Å². The highest BCUT2D eigenvalue weighted by atomic mass is 32.2. The number of allylic oxidation sites excluding steroid dienone is 2. The van der Waals surface area contributed by atoms with Gasteiger partial charge in [0.25, 0.3) is 5.56 Å². The lowest BCUT2D eigenvalue weighted by Crippen LogP contribution is -2.30. The summed E-state index contributed by atoms with van der Waals surface area (Å²) in [6.07, 6.45) is -0.0121. The van der Waals surface area contributed by atoms with Crippen LogP contribution in [0.5, 0.6) is 0 Å². The first-order valence-corrected chi connectivity index (χ1v) is 13.3. The van der Waals surface area contributed by atoms with Gasteiger partial charge in [0.15, 0.2) is 0 Å². The van der Waals surface area contributed by atoms with Gasteiger partial charge >= 0.3 is 11.9 Å². The van der Waals surface area contributed by atoms with Crippen LogP contribution in [-0.4, -0.2) is 26.3 Å². The Hall–Kier alpha value is -3.40. The Bertz CT molecular complexity index is 1570. The molecule has 1 aliphatic carbocycles. The van der Waals surface area contributed by atoms with Crippen LogP contribution in [0.2, 0.25) is 0 Å². The van der Waals surface area contributed by atoms with E-state index in [0.29, 0.717) is 35.4 Å². The molecule has 1 aromatic heterocycles. The van der Waals surface area contributed by atoms with E-state index < -0.39 is 38.3 Å². The number of alkyl halides is 3. The molecule has 190 valence electrons. The topological polar surface area (TPSA) is 82.8 Å². The summed E-state index contributed by atoms with van der Waals surface area (Å²) in [6, 6.07) is 9.09. The Morgan fingerprint density at radius 2 is 1.86 bits per heavy atom. The molecule has 1 heterocycles. The average Bonchev–Trinajstić information content (AvgIpc) is 2.80. The molecule has 0 saturated heterocycles. The fourth-order valence-corrected chi connectivity index (χ4v) is 5.19. The largest absolute Gasteiger partial charge is 0.416 e. The monoisotopic (exact) mass is 520 g/mol. The van der Waals surface area contributed by atoms with Crippen LogP contribution in [0.3, 0.4) is 0 Å². The minimum absolute atomic E-state index is 0.0874. The Kier molecular flexibility index (Phi) is 6.83. The second kappa shape index (κ2) is 9.57. The zero-order valence-electron chi connectivity index (χ0n) is 19.4. The molecule has 2 unspecified atom stereocenters.